The minimum Gasteiger partial charge on any atom is -0.394 e. The molecule has 2 aromatic heterocycles. The number of hydrogen-bond donors (Lipinski definition) is 13. The van der Waals surface area contributed by atoms with E-state index in [9.17, 15) is 48.3 Å². The number of thioether (sulfide) groups is 1. The molecule has 0 spiro atoms. The van der Waals surface area contributed by atoms with Gasteiger partial charge < -0.3 is 88.9 Å². The van der Waals surface area contributed by atoms with Crippen molar-refractivity contribution in [1.82, 2.24) is 67.4 Å². The third-order valence-electron chi connectivity index (χ3n) is 17.6. The van der Waals surface area contributed by atoms with E-state index in [1.165, 1.54) is 4.68 Å². The van der Waals surface area contributed by atoms with Crippen molar-refractivity contribution in [3.8, 4) is 0 Å². The van der Waals surface area contributed by atoms with Crippen molar-refractivity contribution in [2.24, 2.45) is 29.2 Å². The minimum atomic E-state index is -1.64. The fourth-order valence-corrected chi connectivity index (χ4v) is 13.8. The number of ketones is 1. The largest absolute Gasteiger partial charge is 0.394 e. The van der Waals surface area contributed by atoms with Crippen LogP contribution in [0, 0.1) is 0 Å². The molecule has 16 N–H and O–H groups in total. The highest BCUT2D eigenvalue weighted by Crippen LogP contribution is 2.33. The van der Waals surface area contributed by atoms with Crippen molar-refractivity contribution in [3.63, 3.8) is 0 Å². The molecule has 2 fully saturated rings. The number of benzene rings is 3. The van der Waals surface area contributed by atoms with Gasteiger partial charge in [-0.25, -0.2) is 4.79 Å². The van der Waals surface area contributed by atoms with Crippen molar-refractivity contribution in [2.45, 2.75) is 162 Å². The number of aromatic nitrogens is 4. The number of carbonyl (C=O) groups is 10. The summed E-state index contributed by atoms with van der Waals surface area (Å²) in [6.45, 7) is -0.192. The van der Waals surface area contributed by atoms with Crippen LogP contribution in [0.15, 0.2) is 102 Å². The van der Waals surface area contributed by atoms with Gasteiger partial charge in [0.2, 0.25) is 47.3 Å². The number of carbonyl (C=O) groups excluding carboxylic acids is 10. The number of aliphatic hydroxyl groups excluding tert-OH is 1. The molecule has 546 valence electrons. The monoisotopic (exact) mass is 1420 g/mol. The molecule has 31 nitrogen and oxygen atoms in total. The van der Waals surface area contributed by atoms with Crippen LogP contribution in [0.5, 0.6) is 0 Å². The van der Waals surface area contributed by atoms with Crippen LogP contribution >= 0.6 is 11.8 Å². The van der Waals surface area contributed by atoms with Gasteiger partial charge in [0.05, 0.1) is 50.8 Å². The Morgan fingerprint density at radius 3 is 1.90 bits per heavy atom. The molecule has 5 aromatic rings. The van der Waals surface area contributed by atoms with Crippen LogP contribution in [0.25, 0.3) is 10.9 Å². The molecule has 0 radical (unpaired) electrons. The summed E-state index contributed by atoms with van der Waals surface area (Å²) in [5, 5.41) is 45.2. The number of rotatable bonds is 30. The molecular formula is C69H95N17O14S. The van der Waals surface area contributed by atoms with Crippen molar-refractivity contribution >= 4 is 87.7 Å². The van der Waals surface area contributed by atoms with Gasteiger partial charge >= 0.3 is 6.03 Å². The Labute approximate surface area is 589 Å². The molecule has 8 rings (SSSR count). The number of hydrogen-bond acceptors (Lipinski definition) is 18. The second-order valence-corrected chi connectivity index (χ2v) is 26.6. The first kappa shape index (κ1) is 77.2. The Hall–Kier alpha value is -9.50. The van der Waals surface area contributed by atoms with Crippen LogP contribution in [0.1, 0.15) is 93.0 Å². The molecule has 0 saturated carbocycles. The van der Waals surface area contributed by atoms with Gasteiger partial charge in [0, 0.05) is 99.6 Å². The Kier molecular flexibility index (Phi) is 30.6. The summed E-state index contributed by atoms with van der Waals surface area (Å²) in [4.78, 5) is 143. The van der Waals surface area contributed by atoms with Gasteiger partial charge in [-0.3, -0.25) is 52.8 Å². The number of Topliss-reactive ketones (excluding diaryl/α,β-unsaturated/α-hetero) is 1. The van der Waals surface area contributed by atoms with Crippen LogP contribution < -0.4 is 65.1 Å². The molecule has 10 amide bonds. The number of nitrogens with zero attached hydrogens (tertiary/aromatic N) is 5. The van der Waals surface area contributed by atoms with Crippen LogP contribution in [0.2, 0.25) is 0 Å². The summed E-state index contributed by atoms with van der Waals surface area (Å²) < 4.78 is 20.3. The third-order valence-corrected chi connectivity index (χ3v) is 19.1. The number of urea groups is 1. The minimum absolute atomic E-state index is 0.00393. The molecule has 32 heteroatoms. The first-order valence-electron chi connectivity index (χ1n) is 34.3. The van der Waals surface area contributed by atoms with E-state index in [1.807, 2.05) is 47.6 Å². The second kappa shape index (κ2) is 40.1. The quantitative estimate of drug-likeness (QED) is 0.0117. The number of ether oxygens (including phenoxy) is 3. The summed E-state index contributed by atoms with van der Waals surface area (Å²) >= 11 is 1.86. The number of aryl methyl sites for hydroxylation is 2. The van der Waals surface area contributed by atoms with Gasteiger partial charge in [0.15, 0.2) is 5.96 Å². The van der Waals surface area contributed by atoms with Crippen LogP contribution in [-0.2, 0) is 96.6 Å². The molecule has 0 aliphatic carbocycles. The van der Waals surface area contributed by atoms with Crippen molar-refractivity contribution in [3.05, 3.63) is 120 Å². The predicted molar refractivity (Wildman–Crippen MR) is 375 cm³/mol. The molecule has 3 aliphatic rings. The number of guanidine groups is 1. The number of unbranched alkanes of at least 4 members (excludes halogenated alkanes) is 1. The van der Waals surface area contributed by atoms with E-state index in [0.29, 0.717) is 60.7 Å². The number of fused-ring (bicyclic) bond motifs is 4. The zero-order valence-electron chi connectivity index (χ0n) is 56.8. The van der Waals surface area contributed by atoms with Crippen molar-refractivity contribution < 1.29 is 67.3 Å². The van der Waals surface area contributed by atoms with E-state index in [1.54, 1.807) is 73.1 Å². The van der Waals surface area contributed by atoms with E-state index in [4.69, 9.17) is 31.4 Å². The highest BCUT2D eigenvalue weighted by Gasteiger charge is 2.43. The van der Waals surface area contributed by atoms with Gasteiger partial charge in [0.25, 0.3) is 0 Å². The maximum absolute atomic E-state index is 15.0. The van der Waals surface area contributed by atoms with Gasteiger partial charge in [-0.2, -0.15) is 11.8 Å². The van der Waals surface area contributed by atoms with Gasteiger partial charge in [-0.15, -0.1) is 5.10 Å². The lowest BCUT2D eigenvalue weighted by molar-refractivity contribution is -0.136. The molecular weight excluding hydrogens is 1320 g/mol. The van der Waals surface area contributed by atoms with E-state index < -0.39 is 103 Å². The maximum atomic E-state index is 15.0. The highest BCUT2D eigenvalue weighted by molar-refractivity contribution is 8.00. The molecule has 3 aromatic carbocycles. The van der Waals surface area contributed by atoms with Crippen LogP contribution in [0.3, 0.4) is 0 Å². The van der Waals surface area contributed by atoms with E-state index in [2.05, 4.69) is 63.2 Å². The number of aliphatic imine (C=N–C) groups is 1. The van der Waals surface area contributed by atoms with E-state index in [-0.39, 0.29) is 120 Å². The normalized spacial score (nSPS) is 22.8. The van der Waals surface area contributed by atoms with Crippen LogP contribution in [-0.4, -0.2) is 208 Å². The SMILES string of the molecule is Cn1cc(C[C@H]2NC(=O)[C@@H](Cc3ccccc3)NC(=O)[C@@H](CCCN=C(N)N)NC(=O)[C@@H](Cc3ccccc3)NC(=O)[C@@H](NC(=O)COCCOCCOCCCC(=O)CCCC[C@H]3SC[C@H]4NC(=O)N[C@H]43)Cc3cn(nn3)CCCC[C@@H](C(N)=O)NC(=O)[C@@H](CO)NC2=O)c2ccccc21. The molecule has 3 aliphatic heterocycles. The molecule has 2 saturated heterocycles. The Morgan fingerprint density at radius 1 is 0.634 bits per heavy atom. The fraction of sp³-hybridized carbons (Fsp3) is 0.522. The summed E-state index contributed by atoms with van der Waals surface area (Å²) in [5.41, 5.74) is 20.0. The third kappa shape index (κ3) is 25.0. The van der Waals surface area contributed by atoms with E-state index in [0.717, 1.165) is 35.9 Å². The average molecular weight is 1420 g/mol. The Morgan fingerprint density at radius 2 is 1.23 bits per heavy atom. The lowest BCUT2D eigenvalue weighted by Gasteiger charge is -2.28. The van der Waals surface area contributed by atoms with Crippen LogP contribution in [0.4, 0.5) is 4.79 Å². The molecule has 10 atom stereocenters. The van der Waals surface area contributed by atoms with E-state index >= 15 is 4.79 Å². The Bertz CT molecular complexity index is 3610. The lowest BCUT2D eigenvalue weighted by atomic mass is 10.0. The predicted octanol–water partition coefficient (Wildman–Crippen LogP) is -0.726. The maximum Gasteiger partial charge on any atom is 0.315 e. The number of para-hydroxylation sites is 1. The average Bonchev–Trinajstić information content (AvgIpc) is 1.70. The summed E-state index contributed by atoms with van der Waals surface area (Å²) in [6, 6.07) is 15.0. The first-order chi connectivity index (χ1) is 48.8. The molecule has 0 unspecified atom stereocenters. The smallest absolute Gasteiger partial charge is 0.315 e. The summed E-state index contributed by atoms with van der Waals surface area (Å²) in [5.74, 6) is -5.91. The standard InChI is InChI=1S/C69H95N17O14S/c1-85-38-45(48-22-9-10-25-57(48)85)36-53-65(94)80-55(40-87)67(96)75-49(61(70)90)23-12-13-28-86-39-46(83-84-86)37-54(74-59(89)41-100-33-32-99-31-30-98-29-15-21-47(88)20-8-11-26-58-60-56(42-101-58)81-69(97)82-60)66(95)78-51(34-43-16-4-2-5-17-43)63(92)76-50(24-14-27-73-68(71)72)62(91)77-52(64(93)79-53)35-44-18-6-3-7-19-44/h2-7,9-10,16-19,22,25,38-39,49-56,58,60,87H,8,11-15,20-21,23-24,26-37,40-42H2,1H3,(H2,70,90)(H,74,89)(H,75,96)(H,76,92)(H,77,91)(H,78,95)(H,79,93)(H,80,94)(H4,71,72,73)(H2,81,82,97)/t49-,50+,51+,52+,53+,54-,55+,56+,58+,60+/m0/s1. The first-order valence-corrected chi connectivity index (χ1v) is 35.4. The number of nitrogens with one attached hydrogen (secondary N) is 9. The number of aliphatic hydroxyl groups is 1. The fourth-order valence-electron chi connectivity index (χ4n) is 12.3. The lowest BCUT2D eigenvalue weighted by Crippen LogP contribution is -2.61. The second-order valence-electron chi connectivity index (χ2n) is 25.3. The van der Waals surface area contributed by atoms with Gasteiger partial charge in [-0.05, 0) is 74.1 Å². The molecule has 2 bridgehead atoms. The molecule has 5 heterocycles. The number of nitrogens with two attached hydrogens (primary N) is 3. The molecule has 101 heavy (non-hydrogen) atoms. The van der Waals surface area contributed by atoms with Crippen molar-refractivity contribution in [1.29, 1.82) is 0 Å². The van der Waals surface area contributed by atoms with Gasteiger partial charge in [0.1, 0.15) is 54.7 Å². The topological polar surface area (TPSA) is 453 Å². The summed E-state index contributed by atoms with van der Waals surface area (Å²) in [6.07, 6.45) is 7.61. The highest BCUT2D eigenvalue weighted by atomic mass is 32.2. The number of amides is 10. The zero-order chi connectivity index (χ0) is 72.0. The van der Waals surface area contributed by atoms with Gasteiger partial charge in [-0.1, -0.05) is 90.5 Å². The zero-order valence-corrected chi connectivity index (χ0v) is 57.6. The Balaban J connectivity index is 0.963. The number of primary amides is 1. The summed E-state index contributed by atoms with van der Waals surface area (Å²) in [7, 11) is 1.81. The van der Waals surface area contributed by atoms with Crippen molar-refractivity contribution in [2.75, 3.05) is 58.5 Å².